The van der Waals surface area contributed by atoms with Crippen LogP contribution in [0.25, 0.3) is 0 Å². The number of anilines is 1. The summed E-state index contributed by atoms with van der Waals surface area (Å²) in [6.45, 7) is 0.464. The molecule has 0 bridgehead atoms. The minimum Gasteiger partial charge on any atom is -0.481 e. The summed E-state index contributed by atoms with van der Waals surface area (Å²) >= 11 is 0. The van der Waals surface area contributed by atoms with Gasteiger partial charge >= 0.3 is 12.0 Å². The van der Waals surface area contributed by atoms with Crippen LogP contribution in [0.5, 0.6) is 0 Å². The number of nitrogens with zero attached hydrogens (tertiary/aromatic N) is 5. The standard InChI is InChI=1S/C9H13N7O4/c1-15-13-8(12-14-15)11-9(20)16-3-2-10-7(19)5(16)4-6(17)18/h5H,2-4H2,1H3,(H,10,19)(H,17,18)(H,11,13,20). The van der Waals surface area contributed by atoms with Crippen molar-refractivity contribution in [3.05, 3.63) is 0 Å². The van der Waals surface area contributed by atoms with Crippen LogP contribution in [0.1, 0.15) is 6.42 Å². The number of hydrogen-bond donors (Lipinski definition) is 3. The molecule has 0 saturated carbocycles. The van der Waals surface area contributed by atoms with E-state index in [-0.39, 0.29) is 19.0 Å². The first kappa shape index (κ1) is 13.7. The van der Waals surface area contributed by atoms with Crippen LogP contribution >= 0.6 is 0 Å². The summed E-state index contributed by atoms with van der Waals surface area (Å²) in [7, 11) is 1.53. The highest BCUT2D eigenvalue weighted by Gasteiger charge is 2.35. The van der Waals surface area contributed by atoms with Gasteiger partial charge in [-0.3, -0.25) is 14.9 Å². The van der Waals surface area contributed by atoms with Crippen LogP contribution in [0.15, 0.2) is 0 Å². The number of aryl methyl sites for hydroxylation is 1. The maximum absolute atomic E-state index is 12.0. The van der Waals surface area contributed by atoms with Crippen molar-refractivity contribution in [2.24, 2.45) is 7.05 Å². The number of amides is 3. The van der Waals surface area contributed by atoms with Gasteiger partial charge in [0.25, 0.3) is 5.95 Å². The lowest BCUT2D eigenvalue weighted by atomic mass is 10.1. The molecular formula is C9H13N7O4. The Kier molecular flexibility index (Phi) is 3.77. The van der Waals surface area contributed by atoms with Crippen molar-refractivity contribution >= 4 is 23.9 Å². The summed E-state index contributed by atoms with van der Waals surface area (Å²) in [4.78, 5) is 36.8. The molecule has 108 valence electrons. The van der Waals surface area contributed by atoms with E-state index in [4.69, 9.17) is 5.11 Å². The minimum atomic E-state index is -1.16. The molecule has 1 aromatic rings. The topological polar surface area (TPSA) is 142 Å². The van der Waals surface area contributed by atoms with Crippen molar-refractivity contribution in [2.75, 3.05) is 18.4 Å². The molecule has 1 aliphatic rings. The minimum absolute atomic E-state index is 0.0162. The third kappa shape index (κ3) is 2.99. The van der Waals surface area contributed by atoms with Crippen LogP contribution in [0.2, 0.25) is 0 Å². The van der Waals surface area contributed by atoms with Gasteiger partial charge < -0.3 is 15.3 Å². The van der Waals surface area contributed by atoms with E-state index in [1.165, 1.54) is 7.05 Å². The lowest BCUT2D eigenvalue weighted by molar-refractivity contribution is -0.142. The van der Waals surface area contributed by atoms with E-state index in [0.29, 0.717) is 0 Å². The predicted octanol–water partition coefficient (Wildman–Crippen LogP) is -1.98. The fourth-order valence-corrected chi connectivity index (χ4v) is 1.83. The van der Waals surface area contributed by atoms with Gasteiger partial charge in [0.2, 0.25) is 5.91 Å². The number of aliphatic carboxylic acids is 1. The second-order valence-corrected chi connectivity index (χ2v) is 4.13. The Morgan fingerprint density at radius 3 is 2.90 bits per heavy atom. The van der Waals surface area contributed by atoms with Gasteiger partial charge in [0.05, 0.1) is 13.5 Å². The van der Waals surface area contributed by atoms with Crippen molar-refractivity contribution < 1.29 is 19.5 Å². The average molecular weight is 283 g/mol. The summed E-state index contributed by atoms with van der Waals surface area (Å²) in [5.74, 6) is -1.68. The highest BCUT2D eigenvalue weighted by Crippen LogP contribution is 2.11. The normalized spacial score (nSPS) is 18.6. The zero-order valence-electron chi connectivity index (χ0n) is 10.6. The summed E-state index contributed by atoms with van der Waals surface area (Å²) in [6.07, 6.45) is -0.465. The van der Waals surface area contributed by atoms with Crippen molar-refractivity contribution in [3.63, 3.8) is 0 Å². The fourth-order valence-electron chi connectivity index (χ4n) is 1.83. The number of carboxylic acids is 1. The molecular weight excluding hydrogens is 270 g/mol. The first-order chi connectivity index (χ1) is 9.47. The number of carbonyl (C=O) groups excluding carboxylic acids is 2. The summed E-state index contributed by atoms with van der Waals surface area (Å²) in [5.41, 5.74) is 0. The van der Waals surface area contributed by atoms with Gasteiger partial charge in [-0.25, -0.2) is 4.79 Å². The number of hydrogen-bond acceptors (Lipinski definition) is 6. The smallest absolute Gasteiger partial charge is 0.325 e. The lowest BCUT2D eigenvalue weighted by Crippen LogP contribution is -2.58. The number of nitrogens with one attached hydrogen (secondary N) is 2. The molecule has 20 heavy (non-hydrogen) atoms. The van der Waals surface area contributed by atoms with Gasteiger partial charge in [-0.05, 0) is 5.21 Å². The van der Waals surface area contributed by atoms with E-state index in [9.17, 15) is 14.4 Å². The molecule has 1 unspecified atom stereocenters. The summed E-state index contributed by atoms with van der Waals surface area (Å²) in [5, 5.41) is 24.6. The van der Waals surface area contributed by atoms with E-state index in [0.717, 1.165) is 9.70 Å². The molecule has 2 rings (SSSR count). The molecule has 0 spiro atoms. The molecule has 1 aliphatic heterocycles. The quantitative estimate of drug-likeness (QED) is 0.583. The van der Waals surface area contributed by atoms with E-state index in [1.807, 2.05) is 0 Å². The van der Waals surface area contributed by atoms with Crippen LogP contribution in [0.4, 0.5) is 10.7 Å². The van der Waals surface area contributed by atoms with Gasteiger partial charge in [-0.1, -0.05) is 5.10 Å². The molecule has 11 nitrogen and oxygen atoms in total. The second kappa shape index (κ2) is 5.50. The van der Waals surface area contributed by atoms with E-state index in [2.05, 4.69) is 26.0 Å². The van der Waals surface area contributed by atoms with Crippen molar-refractivity contribution in [1.29, 1.82) is 0 Å². The maximum atomic E-state index is 12.0. The first-order valence-electron chi connectivity index (χ1n) is 5.78. The van der Waals surface area contributed by atoms with Gasteiger partial charge in [0.1, 0.15) is 6.04 Å². The van der Waals surface area contributed by atoms with Gasteiger partial charge in [0.15, 0.2) is 0 Å². The number of rotatable bonds is 3. The molecule has 1 aromatic heterocycles. The second-order valence-electron chi connectivity index (χ2n) is 4.13. The first-order valence-corrected chi connectivity index (χ1v) is 5.78. The maximum Gasteiger partial charge on any atom is 0.325 e. The highest BCUT2D eigenvalue weighted by molar-refractivity contribution is 5.95. The number of carboxylic acid groups (broad SMARTS) is 1. The van der Waals surface area contributed by atoms with E-state index in [1.54, 1.807) is 0 Å². The Balaban J connectivity index is 2.08. The van der Waals surface area contributed by atoms with Crippen molar-refractivity contribution in [2.45, 2.75) is 12.5 Å². The molecule has 3 N–H and O–H groups in total. The monoisotopic (exact) mass is 283 g/mol. The largest absolute Gasteiger partial charge is 0.481 e. The van der Waals surface area contributed by atoms with Crippen LogP contribution in [0, 0.1) is 0 Å². The fraction of sp³-hybridized carbons (Fsp3) is 0.556. The Labute approximate surface area is 112 Å². The summed E-state index contributed by atoms with van der Waals surface area (Å²) < 4.78 is 0. The number of piperazine rings is 1. The molecule has 11 heteroatoms. The molecule has 1 fully saturated rings. The number of aromatic nitrogens is 4. The number of urea groups is 1. The molecule has 1 saturated heterocycles. The molecule has 0 aliphatic carbocycles. The van der Waals surface area contributed by atoms with Crippen LogP contribution in [0.3, 0.4) is 0 Å². The average Bonchev–Trinajstić information content (AvgIpc) is 2.76. The number of tetrazole rings is 1. The number of carbonyl (C=O) groups is 3. The Hall–Kier alpha value is -2.72. The highest BCUT2D eigenvalue weighted by atomic mass is 16.4. The molecule has 0 aromatic carbocycles. The SMILES string of the molecule is Cn1nnc(NC(=O)N2CCNC(=O)C2CC(=O)O)n1. The third-order valence-electron chi connectivity index (χ3n) is 2.69. The zero-order valence-corrected chi connectivity index (χ0v) is 10.6. The van der Waals surface area contributed by atoms with Gasteiger partial charge in [-0.2, -0.15) is 4.80 Å². The summed E-state index contributed by atoms with van der Waals surface area (Å²) in [6, 6.07) is -1.70. The Morgan fingerprint density at radius 1 is 1.55 bits per heavy atom. The van der Waals surface area contributed by atoms with E-state index < -0.39 is 30.4 Å². The molecule has 1 atom stereocenters. The van der Waals surface area contributed by atoms with Crippen molar-refractivity contribution in [3.8, 4) is 0 Å². The van der Waals surface area contributed by atoms with Crippen LogP contribution in [-0.2, 0) is 16.6 Å². The van der Waals surface area contributed by atoms with Gasteiger partial charge in [0, 0.05) is 13.1 Å². The van der Waals surface area contributed by atoms with E-state index >= 15 is 0 Å². The molecule has 0 radical (unpaired) electrons. The molecule has 2 heterocycles. The zero-order chi connectivity index (χ0) is 14.7. The Morgan fingerprint density at radius 2 is 2.30 bits per heavy atom. The molecule has 3 amide bonds. The van der Waals surface area contributed by atoms with Crippen molar-refractivity contribution in [1.82, 2.24) is 30.4 Å². The predicted molar refractivity (Wildman–Crippen MR) is 63.6 cm³/mol. The lowest BCUT2D eigenvalue weighted by Gasteiger charge is -2.33. The third-order valence-corrected chi connectivity index (χ3v) is 2.69. The van der Waals surface area contributed by atoms with Crippen LogP contribution in [-0.4, -0.2) is 67.3 Å². The Bertz CT molecular complexity index is 542. The van der Waals surface area contributed by atoms with Crippen LogP contribution < -0.4 is 10.6 Å². The van der Waals surface area contributed by atoms with Gasteiger partial charge in [-0.15, -0.1) is 5.10 Å².